The summed E-state index contributed by atoms with van der Waals surface area (Å²) in [5.74, 6) is 0.0737. The first-order chi connectivity index (χ1) is 12.5. The number of rotatable bonds is 7. The molecule has 0 bridgehead atoms. The Morgan fingerprint density at radius 1 is 1.31 bits per heavy atom. The molecule has 2 aromatic rings. The van der Waals surface area contributed by atoms with Gasteiger partial charge in [0.1, 0.15) is 19.2 Å². The first kappa shape index (κ1) is 19.1. The Bertz CT molecular complexity index is 713. The Balaban J connectivity index is 1.66. The van der Waals surface area contributed by atoms with Gasteiger partial charge in [-0.3, -0.25) is 4.79 Å². The fourth-order valence-corrected chi connectivity index (χ4v) is 4.56. The largest absolute Gasteiger partial charge is 0.372 e. The lowest BCUT2D eigenvalue weighted by atomic mass is 10.1. The van der Waals surface area contributed by atoms with Gasteiger partial charge in [-0.25, -0.2) is 0 Å². The third-order valence-electron chi connectivity index (χ3n) is 4.90. The van der Waals surface area contributed by atoms with Gasteiger partial charge < -0.3 is 15.0 Å². The van der Waals surface area contributed by atoms with Crippen LogP contribution in [-0.4, -0.2) is 31.7 Å². The number of ether oxygens (including phenoxy) is 1. The Morgan fingerprint density at radius 2 is 2.08 bits per heavy atom. The molecule has 140 valence electrons. The van der Waals surface area contributed by atoms with E-state index in [0.29, 0.717) is 6.54 Å². The molecule has 1 aromatic heterocycles. The van der Waals surface area contributed by atoms with E-state index in [2.05, 4.69) is 55.7 Å². The van der Waals surface area contributed by atoms with Crippen molar-refractivity contribution in [2.45, 2.75) is 46.3 Å². The lowest BCUT2D eigenvalue weighted by molar-refractivity contribution is -0.908. The van der Waals surface area contributed by atoms with Gasteiger partial charge in [0.15, 0.2) is 6.54 Å². The maximum absolute atomic E-state index is 12.7. The predicted molar refractivity (Wildman–Crippen MR) is 107 cm³/mol. The van der Waals surface area contributed by atoms with Crippen LogP contribution in [0.15, 0.2) is 29.6 Å². The molecule has 3 rings (SSSR count). The maximum atomic E-state index is 12.7. The van der Waals surface area contributed by atoms with Crippen molar-refractivity contribution in [1.82, 2.24) is 0 Å². The van der Waals surface area contributed by atoms with Crippen LogP contribution in [0, 0.1) is 20.8 Å². The molecule has 4 nitrogen and oxygen atoms in total. The predicted octanol–water partition coefficient (Wildman–Crippen LogP) is 2.88. The van der Waals surface area contributed by atoms with Crippen LogP contribution in [-0.2, 0) is 16.1 Å². The molecular formula is C21H29N2O2S+. The van der Waals surface area contributed by atoms with Gasteiger partial charge in [0.2, 0.25) is 0 Å². The molecule has 1 amide bonds. The number of anilines is 1. The van der Waals surface area contributed by atoms with Gasteiger partial charge in [0, 0.05) is 12.3 Å². The minimum absolute atomic E-state index is 0.0737. The van der Waals surface area contributed by atoms with Crippen LogP contribution in [0.4, 0.5) is 5.69 Å². The number of aryl methyl sites for hydroxylation is 3. The van der Waals surface area contributed by atoms with Gasteiger partial charge in [0.05, 0.1) is 4.88 Å². The lowest BCUT2D eigenvalue weighted by Gasteiger charge is -2.22. The minimum atomic E-state index is 0.0737. The minimum Gasteiger partial charge on any atom is -0.372 e. The molecule has 0 aliphatic carbocycles. The van der Waals surface area contributed by atoms with Crippen LogP contribution in [0.25, 0.3) is 0 Å². The quantitative estimate of drug-likeness (QED) is 0.784. The SMILES string of the molecule is Cc1cc(C)c(NC(=O)C[NH+](Cc2cccs2)C[C@H]2CCCO2)c(C)c1. The van der Waals surface area contributed by atoms with E-state index in [1.165, 1.54) is 15.3 Å². The summed E-state index contributed by atoms with van der Waals surface area (Å²) in [6, 6.07) is 8.45. The van der Waals surface area contributed by atoms with Gasteiger partial charge in [-0.05, 0) is 56.2 Å². The van der Waals surface area contributed by atoms with Crippen LogP contribution < -0.4 is 10.2 Å². The van der Waals surface area contributed by atoms with E-state index in [0.717, 1.165) is 49.4 Å². The average molecular weight is 374 g/mol. The maximum Gasteiger partial charge on any atom is 0.279 e. The fraction of sp³-hybridized carbons (Fsp3) is 0.476. The molecule has 1 aliphatic heterocycles. The van der Waals surface area contributed by atoms with E-state index in [1.54, 1.807) is 11.3 Å². The van der Waals surface area contributed by atoms with Crippen LogP contribution >= 0.6 is 11.3 Å². The van der Waals surface area contributed by atoms with Gasteiger partial charge in [-0.15, -0.1) is 11.3 Å². The number of hydrogen-bond acceptors (Lipinski definition) is 3. The number of hydrogen-bond donors (Lipinski definition) is 2. The number of benzene rings is 1. The van der Waals surface area contributed by atoms with Gasteiger partial charge in [-0.2, -0.15) is 0 Å². The van der Waals surface area contributed by atoms with Crippen molar-refractivity contribution in [2.24, 2.45) is 0 Å². The second-order valence-corrected chi connectivity index (χ2v) is 8.38. The molecule has 1 saturated heterocycles. The number of thiophene rings is 1. The second kappa shape index (κ2) is 8.80. The highest BCUT2D eigenvalue weighted by molar-refractivity contribution is 7.09. The van der Waals surface area contributed by atoms with Crippen molar-refractivity contribution in [2.75, 3.05) is 25.0 Å². The van der Waals surface area contributed by atoms with E-state index in [-0.39, 0.29) is 12.0 Å². The van der Waals surface area contributed by atoms with E-state index >= 15 is 0 Å². The molecule has 2 heterocycles. The molecule has 5 heteroatoms. The third kappa shape index (κ3) is 5.16. The molecule has 0 saturated carbocycles. The smallest absolute Gasteiger partial charge is 0.279 e. The fourth-order valence-electron chi connectivity index (χ4n) is 3.78. The monoisotopic (exact) mass is 373 g/mol. The standard InChI is InChI=1S/C21H28N2O2S/c1-15-10-16(2)21(17(3)11-15)22-20(24)14-23(12-18-6-4-8-25-18)13-19-7-5-9-26-19/h5,7,9-11,18H,4,6,8,12-14H2,1-3H3,(H,22,24)/p+1/t18-/m1/s1. The molecule has 0 spiro atoms. The highest BCUT2D eigenvalue weighted by Crippen LogP contribution is 2.21. The number of nitrogens with one attached hydrogen (secondary N) is 2. The van der Waals surface area contributed by atoms with Crippen molar-refractivity contribution >= 4 is 22.9 Å². The second-order valence-electron chi connectivity index (χ2n) is 7.34. The molecule has 1 fully saturated rings. The zero-order valence-electron chi connectivity index (χ0n) is 15.9. The lowest BCUT2D eigenvalue weighted by Crippen LogP contribution is -3.12. The van der Waals surface area contributed by atoms with Crippen molar-refractivity contribution in [3.05, 3.63) is 51.2 Å². The molecule has 2 atom stereocenters. The number of amides is 1. The zero-order chi connectivity index (χ0) is 18.5. The van der Waals surface area contributed by atoms with Crippen molar-refractivity contribution in [1.29, 1.82) is 0 Å². The number of carbonyl (C=O) groups is 1. The first-order valence-corrected chi connectivity index (χ1v) is 10.2. The summed E-state index contributed by atoms with van der Waals surface area (Å²) in [6.07, 6.45) is 2.51. The van der Waals surface area contributed by atoms with Crippen LogP contribution in [0.3, 0.4) is 0 Å². The number of quaternary nitrogens is 1. The molecular weight excluding hydrogens is 344 g/mol. The molecule has 0 radical (unpaired) electrons. The van der Waals surface area contributed by atoms with E-state index in [4.69, 9.17) is 4.74 Å². The third-order valence-corrected chi connectivity index (χ3v) is 5.77. The summed E-state index contributed by atoms with van der Waals surface area (Å²) < 4.78 is 5.80. The summed E-state index contributed by atoms with van der Waals surface area (Å²) in [5.41, 5.74) is 4.42. The van der Waals surface area contributed by atoms with Gasteiger partial charge >= 0.3 is 0 Å². The van der Waals surface area contributed by atoms with E-state index in [1.807, 2.05) is 0 Å². The Hall–Kier alpha value is -1.69. The topological polar surface area (TPSA) is 42.8 Å². The Labute approximate surface area is 160 Å². The summed E-state index contributed by atoms with van der Waals surface area (Å²) in [4.78, 5) is 15.3. The molecule has 2 N–H and O–H groups in total. The molecule has 26 heavy (non-hydrogen) atoms. The number of carbonyl (C=O) groups excluding carboxylic acids is 1. The van der Waals surface area contributed by atoms with E-state index < -0.39 is 0 Å². The summed E-state index contributed by atoms with van der Waals surface area (Å²) in [5, 5.41) is 5.24. The van der Waals surface area contributed by atoms with Gasteiger partial charge in [-0.1, -0.05) is 23.8 Å². The highest BCUT2D eigenvalue weighted by atomic mass is 32.1. The van der Waals surface area contributed by atoms with Crippen LogP contribution in [0.5, 0.6) is 0 Å². The first-order valence-electron chi connectivity index (χ1n) is 9.36. The molecule has 1 aliphatic rings. The zero-order valence-corrected chi connectivity index (χ0v) is 16.7. The van der Waals surface area contributed by atoms with Crippen molar-refractivity contribution < 1.29 is 14.4 Å². The van der Waals surface area contributed by atoms with Crippen LogP contribution in [0.2, 0.25) is 0 Å². The molecule has 1 unspecified atom stereocenters. The summed E-state index contributed by atoms with van der Waals surface area (Å²) in [6.45, 7) is 9.26. The van der Waals surface area contributed by atoms with Crippen molar-refractivity contribution in [3.63, 3.8) is 0 Å². The van der Waals surface area contributed by atoms with Crippen molar-refractivity contribution in [3.8, 4) is 0 Å². The summed E-state index contributed by atoms with van der Waals surface area (Å²) >= 11 is 1.75. The van der Waals surface area contributed by atoms with Crippen LogP contribution in [0.1, 0.15) is 34.4 Å². The Kier molecular flexibility index (Phi) is 6.46. The summed E-state index contributed by atoms with van der Waals surface area (Å²) in [7, 11) is 0. The molecule has 1 aromatic carbocycles. The van der Waals surface area contributed by atoms with E-state index in [9.17, 15) is 4.79 Å². The highest BCUT2D eigenvalue weighted by Gasteiger charge is 2.24. The van der Waals surface area contributed by atoms with Gasteiger partial charge in [0.25, 0.3) is 5.91 Å². The normalized spacial score (nSPS) is 18.0. The average Bonchev–Trinajstić information content (AvgIpc) is 3.24. The Morgan fingerprint density at radius 3 is 2.69 bits per heavy atom.